The van der Waals surface area contributed by atoms with Gasteiger partial charge in [0, 0.05) is 0 Å². The van der Waals surface area contributed by atoms with Crippen molar-refractivity contribution < 1.29 is 0 Å². The molecule has 0 radical (unpaired) electrons. The summed E-state index contributed by atoms with van der Waals surface area (Å²) in [7, 11) is 0. The lowest BCUT2D eigenvalue weighted by Crippen LogP contribution is -2.26. The van der Waals surface area contributed by atoms with Crippen molar-refractivity contribution in [1.29, 1.82) is 0 Å². The molecule has 0 saturated heterocycles. The van der Waals surface area contributed by atoms with Crippen LogP contribution >= 0.6 is 0 Å². The number of hydrogen-bond acceptors (Lipinski definition) is 0. The van der Waals surface area contributed by atoms with Gasteiger partial charge in [0.25, 0.3) is 0 Å². The number of hydrogen-bond donors (Lipinski definition) is 0. The Bertz CT molecular complexity index is 3320. The Balaban J connectivity index is 1.20. The van der Waals surface area contributed by atoms with Gasteiger partial charge in [-0.2, -0.15) is 0 Å². The Morgan fingerprint density at radius 3 is 1.42 bits per heavy atom. The fraction of sp³-hybridized carbons (Fsp3) is 0.0182. The summed E-state index contributed by atoms with van der Waals surface area (Å²) in [6, 6.07) is 73.7. The van der Waals surface area contributed by atoms with E-state index in [-0.39, 0.29) is 0 Å². The quantitative estimate of drug-likeness (QED) is 0.158. The van der Waals surface area contributed by atoms with E-state index in [4.69, 9.17) is 0 Å². The van der Waals surface area contributed by atoms with Crippen LogP contribution in [0, 0.1) is 0 Å². The summed E-state index contributed by atoms with van der Waals surface area (Å²) >= 11 is 0. The van der Waals surface area contributed by atoms with Crippen LogP contribution in [0.25, 0.3) is 98.4 Å². The second-order valence-corrected chi connectivity index (χ2v) is 15.6. The third-order valence-corrected chi connectivity index (χ3v) is 12.9. The van der Waals surface area contributed by atoms with Gasteiger partial charge in [-0.25, -0.2) is 0 Å². The predicted molar refractivity (Wildman–Crippen MR) is 232 cm³/mol. The smallest absolute Gasteiger partial charge is 0.0619 e. The highest BCUT2D eigenvalue weighted by Gasteiger charge is 2.52. The second kappa shape index (κ2) is 10.6. The van der Waals surface area contributed by atoms with Gasteiger partial charge in [-0.3, -0.25) is 0 Å². The van der Waals surface area contributed by atoms with Crippen LogP contribution < -0.4 is 0 Å². The lowest BCUT2D eigenvalue weighted by Gasteiger charge is -2.31. The summed E-state index contributed by atoms with van der Waals surface area (Å²) in [6.45, 7) is 0. The third-order valence-electron chi connectivity index (χ3n) is 12.9. The van der Waals surface area contributed by atoms with Gasteiger partial charge in [0.05, 0.1) is 5.41 Å². The molecule has 2 aliphatic carbocycles. The van der Waals surface area contributed by atoms with Crippen LogP contribution in [0.3, 0.4) is 0 Å². The molecule has 0 nitrogen and oxygen atoms in total. The van der Waals surface area contributed by atoms with Crippen molar-refractivity contribution in [3.63, 3.8) is 0 Å². The molecule has 0 atom stereocenters. The first-order chi connectivity index (χ1) is 27.2. The van der Waals surface area contributed by atoms with Gasteiger partial charge in [-0.1, -0.05) is 152 Å². The third kappa shape index (κ3) is 3.81. The minimum atomic E-state index is -0.473. The van der Waals surface area contributed by atoms with Crippen molar-refractivity contribution >= 4 is 53.9 Å². The molecule has 0 heteroatoms. The fourth-order valence-electron chi connectivity index (χ4n) is 10.6. The number of rotatable bonds is 2. The minimum Gasteiger partial charge on any atom is -0.0619 e. The normalized spacial score (nSPS) is 13.6. The van der Waals surface area contributed by atoms with E-state index in [1.165, 1.54) is 121 Å². The highest BCUT2D eigenvalue weighted by Crippen LogP contribution is 2.65. The van der Waals surface area contributed by atoms with E-state index < -0.39 is 5.41 Å². The average molecular weight is 693 g/mol. The maximum Gasteiger partial charge on any atom is 0.0726 e. The zero-order chi connectivity index (χ0) is 35.8. The summed E-state index contributed by atoms with van der Waals surface area (Å²) in [4.78, 5) is 0. The molecule has 0 unspecified atom stereocenters. The molecular formula is C55H32. The molecule has 0 heterocycles. The largest absolute Gasteiger partial charge is 0.0726 e. The van der Waals surface area contributed by atoms with E-state index in [1.807, 2.05) is 0 Å². The molecule has 13 rings (SSSR count). The molecule has 55 heavy (non-hydrogen) atoms. The molecule has 0 amide bonds. The zero-order valence-electron chi connectivity index (χ0n) is 30.0. The topological polar surface area (TPSA) is 0 Å². The standard InChI is InChI=1S/C55H32/c1-2-11-36-26-39(23-20-33(36)10-1)46-30-43(42-27-40-24-21-34-14-9-15-35-22-25-41(28-42)53(40)52(34)35)32-51-54(46)47-29-37-12-3-4-13-38(37)31-50(47)55(51)48-18-7-5-16-44(48)45-17-6-8-19-49(45)55/h1-32H. The maximum atomic E-state index is 2.55. The lowest BCUT2D eigenvalue weighted by molar-refractivity contribution is 0.795. The van der Waals surface area contributed by atoms with Crippen molar-refractivity contribution in [2.45, 2.75) is 5.41 Å². The van der Waals surface area contributed by atoms with Crippen LogP contribution in [0.5, 0.6) is 0 Å². The Morgan fingerprint density at radius 1 is 0.236 bits per heavy atom. The first-order valence-electron chi connectivity index (χ1n) is 19.3. The van der Waals surface area contributed by atoms with Gasteiger partial charge in [-0.05, 0) is 163 Å². The predicted octanol–water partition coefficient (Wildman–Crippen LogP) is 14.6. The molecule has 0 saturated carbocycles. The molecule has 2 aliphatic rings. The monoisotopic (exact) mass is 692 g/mol. The van der Waals surface area contributed by atoms with Crippen LogP contribution in [0.1, 0.15) is 22.3 Å². The molecule has 0 N–H and O–H groups in total. The molecule has 1 spiro atoms. The van der Waals surface area contributed by atoms with Crippen molar-refractivity contribution in [2.24, 2.45) is 0 Å². The Kier molecular flexibility index (Phi) is 5.65. The Labute approximate surface area is 318 Å². The van der Waals surface area contributed by atoms with Crippen LogP contribution in [-0.4, -0.2) is 0 Å². The molecule has 11 aromatic rings. The van der Waals surface area contributed by atoms with Gasteiger partial charge >= 0.3 is 0 Å². The number of benzene rings is 11. The Morgan fingerprint density at radius 2 is 0.727 bits per heavy atom. The van der Waals surface area contributed by atoms with Crippen molar-refractivity contribution in [3.05, 3.63) is 216 Å². The van der Waals surface area contributed by atoms with Crippen LogP contribution in [0.2, 0.25) is 0 Å². The molecular weight excluding hydrogens is 661 g/mol. The zero-order valence-corrected chi connectivity index (χ0v) is 30.0. The lowest BCUT2D eigenvalue weighted by atomic mass is 9.69. The first kappa shape index (κ1) is 29.4. The summed E-state index contributed by atoms with van der Waals surface area (Å²) < 4.78 is 0. The van der Waals surface area contributed by atoms with E-state index in [2.05, 4.69) is 194 Å². The fourth-order valence-corrected chi connectivity index (χ4v) is 10.6. The van der Waals surface area contributed by atoms with E-state index in [9.17, 15) is 0 Å². The van der Waals surface area contributed by atoms with E-state index in [1.54, 1.807) is 0 Å². The van der Waals surface area contributed by atoms with Gasteiger partial charge in [-0.15, -0.1) is 0 Å². The molecule has 11 aromatic carbocycles. The van der Waals surface area contributed by atoms with Gasteiger partial charge in [0.1, 0.15) is 0 Å². The summed E-state index contributed by atoms with van der Waals surface area (Å²) in [5.41, 5.74) is 15.3. The highest BCUT2D eigenvalue weighted by molar-refractivity contribution is 6.24. The molecule has 0 aromatic heterocycles. The highest BCUT2D eigenvalue weighted by atomic mass is 14.5. The average Bonchev–Trinajstić information content (AvgIpc) is 3.71. The first-order valence-corrected chi connectivity index (χ1v) is 19.3. The van der Waals surface area contributed by atoms with Crippen molar-refractivity contribution in [3.8, 4) is 44.5 Å². The van der Waals surface area contributed by atoms with Crippen LogP contribution in [0.15, 0.2) is 194 Å². The van der Waals surface area contributed by atoms with Gasteiger partial charge < -0.3 is 0 Å². The molecule has 0 fully saturated rings. The Hall–Kier alpha value is -7.02. The summed E-state index contributed by atoms with van der Waals surface area (Å²) in [5.74, 6) is 0. The minimum absolute atomic E-state index is 0.473. The van der Waals surface area contributed by atoms with Crippen LogP contribution in [0.4, 0.5) is 0 Å². The van der Waals surface area contributed by atoms with Gasteiger partial charge in [0.15, 0.2) is 0 Å². The summed E-state index contributed by atoms with van der Waals surface area (Å²) in [5, 5.41) is 12.9. The second-order valence-electron chi connectivity index (χ2n) is 15.6. The molecule has 252 valence electrons. The summed E-state index contributed by atoms with van der Waals surface area (Å²) in [6.07, 6.45) is 0. The van der Waals surface area contributed by atoms with E-state index in [0.717, 1.165) is 0 Å². The van der Waals surface area contributed by atoms with Gasteiger partial charge in [0.2, 0.25) is 0 Å². The molecule has 0 aliphatic heterocycles. The number of fused-ring (bicyclic) bond motifs is 12. The van der Waals surface area contributed by atoms with Crippen LogP contribution in [-0.2, 0) is 5.41 Å². The van der Waals surface area contributed by atoms with E-state index >= 15 is 0 Å². The van der Waals surface area contributed by atoms with Crippen molar-refractivity contribution in [2.75, 3.05) is 0 Å². The van der Waals surface area contributed by atoms with E-state index in [0.29, 0.717) is 0 Å². The SMILES string of the molecule is c1ccc2c(c1)-c1ccccc1C21c2cc3ccccc3cc2-c2c(-c3ccc4ccccc4c3)cc(-c3cc4ccc5cccc6ccc(c3)c4c56)cc21. The maximum absolute atomic E-state index is 2.55. The van der Waals surface area contributed by atoms with Crippen molar-refractivity contribution in [1.82, 2.24) is 0 Å². The molecule has 0 bridgehead atoms.